The number of hydrogen-bond acceptors (Lipinski definition) is 4. The van der Waals surface area contributed by atoms with Gasteiger partial charge in [-0.15, -0.1) is 0 Å². The van der Waals surface area contributed by atoms with Gasteiger partial charge < -0.3 is 16.0 Å². The van der Waals surface area contributed by atoms with E-state index in [4.69, 9.17) is 5.73 Å². The maximum Gasteiger partial charge on any atom is 0.253 e. The van der Waals surface area contributed by atoms with Crippen molar-refractivity contribution < 1.29 is 9.00 Å². The van der Waals surface area contributed by atoms with Crippen LogP contribution >= 0.6 is 0 Å². The van der Waals surface area contributed by atoms with Gasteiger partial charge in [-0.2, -0.15) is 0 Å². The number of amides is 1. The highest BCUT2D eigenvalue weighted by Crippen LogP contribution is 2.21. The number of carbonyl (C=O) groups is 1. The first-order valence-corrected chi connectivity index (χ1v) is 8.12. The van der Waals surface area contributed by atoms with Crippen LogP contribution in [-0.4, -0.2) is 42.3 Å². The molecule has 0 spiro atoms. The molecule has 2 atom stereocenters. The Bertz CT molecular complexity index is 503. The molecule has 0 bridgehead atoms. The van der Waals surface area contributed by atoms with E-state index in [1.54, 1.807) is 18.4 Å². The summed E-state index contributed by atoms with van der Waals surface area (Å²) >= 11 is 0. The number of nitrogen functional groups attached to an aromatic ring is 1. The van der Waals surface area contributed by atoms with Crippen LogP contribution in [0.25, 0.3) is 0 Å². The fourth-order valence-corrected chi connectivity index (χ4v) is 2.23. The molecule has 0 aliphatic rings. The van der Waals surface area contributed by atoms with E-state index >= 15 is 0 Å². The van der Waals surface area contributed by atoms with E-state index in [0.717, 1.165) is 5.69 Å². The molecule has 1 aromatic rings. The molecular weight excluding hydrogens is 274 g/mol. The minimum atomic E-state index is -0.864. The lowest BCUT2D eigenvalue weighted by Crippen LogP contribution is -2.29. The molecule has 112 valence electrons. The third-order valence-electron chi connectivity index (χ3n) is 3.15. The number of hydrogen-bond donors (Lipinski definition) is 2. The van der Waals surface area contributed by atoms with Crippen molar-refractivity contribution in [3.05, 3.63) is 23.8 Å². The number of anilines is 2. The van der Waals surface area contributed by atoms with Crippen molar-refractivity contribution in [2.45, 2.75) is 18.6 Å². The molecule has 2 unspecified atom stereocenters. The minimum absolute atomic E-state index is 0.0736. The maximum atomic E-state index is 12.2. The first kappa shape index (κ1) is 16.5. The van der Waals surface area contributed by atoms with Crippen LogP contribution in [0, 0.1) is 0 Å². The molecular formula is C14H23N3O2S. The molecule has 3 N–H and O–H groups in total. The van der Waals surface area contributed by atoms with Crippen LogP contribution in [0.5, 0.6) is 0 Å². The number of benzene rings is 1. The van der Waals surface area contributed by atoms with Gasteiger partial charge in [0.25, 0.3) is 5.91 Å². The predicted molar refractivity (Wildman–Crippen MR) is 85.7 cm³/mol. The van der Waals surface area contributed by atoms with Crippen molar-refractivity contribution in [3.63, 3.8) is 0 Å². The fourth-order valence-electron chi connectivity index (χ4n) is 1.78. The van der Waals surface area contributed by atoms with E-state index in [0.29, 0.717) is 24.2 Å². The van der Waals surface area contributed by atoms with Crippen LogP contribution in [0.2, 0.25) is 0 Å². The van der Waals surface area contributed by atoms with Crippen molar-refractivity contribution in [1.29, 1.82) is 0 Å². The molecule has 1 aromatic carbocycles. The van der Waals surface area contributed by atoms with Crippen molar-refractivity contribution in [2.75, 3.05) is 37.5 Å². The maximum absolute atomic E-state index is 12.2. The lowest BCUT2D eigenvalue weighted by Gasteiger charge is -2.18. The van der Waals surface area contributed by atoms with Crippen LogP contribution in [0.15, 0.2) is 18.2 Å². The third kappa shape index (κ3) is 4.52. The Morgan fingerprint density at radius 1 is 1.45 bits per heavy atom. The van der Waals surface area contributed by atoms with Crippen LogP contribution in [0.3, 0.4) is 0 Å². The quantitative estimate of drug-likeness (QED) is 0.774. The summed E-state index contributed by atoms with van der Waals surface area (Å²) in [5, 5.41) is 2.93. The summed E-state index contributed by atoms with van der Waals surface area (Å²) in [6.45, 7) is 2.41. The lowest BCUT2D eigenvalue weighted by atomic mass is 10.1. The first-order chi connectivity index (χ1) is 9.32. The second kappa shape index (κ2) is 7.28. The van der Waals surface area contributed by atoms with Crippen molar-refractivity contribution in [3.8, 4) is 0 Å². The zero-order valence-corrected chi connectivity index (χ0v) is 13.3. The van der Waals surface area contributed by atoms with E-state index in [2.05, 4.69) is 5.32 Å². The number of rotatable bonds is 6. The topological polar surface area (TPSA) is 75.4 Å². The molecule has 0 saturated carbocycles. The van der Waals surface area contributed by atoms with E-state index in [-0.39, 0.29) is 11.2 Å². The van der Waals surface area contributed by atoms with Gasteiger partial charge in [0.05, 0.1) is 5.56 Å². The first-order valence-electron chi connectivity index (χ1n) is 6.50. The number of nitrogens with zero attached hydrogens (tertiary/aromatic N) is 1. The van der Waals surface area contributed by atoms with Gasteiger partial charge in [-0.25, -0.2) is 0 Å². The predicted octanol–water partition coefficient (Wildman–Crippen LogP) is 1.22. The van der Waals surface area contributed by atoms with Crippen LogP contribution in [0.1, 0.15) is 23.7 Å². The highest BCUT2D eigenvalue weighted by atomic mass is 32.2. The van der Waals surface area contributed by atoms with Crippen molar-refractivity contribution in [1.82, 2.24) is 5.32 Å². The van der Waals surface area contributed by atoms with Crippen LogP contribution in [0.4, 0.5) is 11.4 Å². The molecule has 0 aliphatic carbocycles. The molecule has 6 heteroatoms. The Balaban J connectivity index is 2.72. The van der Waals surface area contributed by atoms with Gasteiger partial charge in [-0.05, 0) is 24.6 Å². The lowest BCUT2D eigenvalue weighted by molar-refractivity contribution is 0.0954. The van der Waals surface area contributed by atoms with Gasteiger partial charge in [-0.3, -0.25) is 9.00 Å². The number of nitrogens with two attached hydrogens (primary N) is 1. The molecule has 0 aromatic heterocycles. The molecule has 20 heavy (non-hydrogen) atoms. The summed E-state index contributed by atoms with van der Waals surface area (Å²) in [4.78, 5) is 14.1. The summed E-state index contributed by atoms with van der Waals surface area (Å²) in [6, 6.07) is 5.27. The van der Waals surface area contributed by atoms with Gasteiger partial charge in [0.1, 0.15) is 0 Å². The standard InChI is InChI=1S/C14H23N3O2S/c1-10(20(4)19)7-8-16-14(18)12-9-11(15)5-6-13(12)17(2)3/h5-6,9-10H,7-8,15H2,1-4H3,(H,16,18). The van der Waals surface area contributed by atoms with Crippen LogP contribution < -0.4 is 16.0 Å². The third-order valence-corrected chi connectivity index (χ3v) is 4.52. The van der Waals surface area contributed by atoms with Gasteiger partial charge in [0, 0.05) is 54.3 Å². The average Bonchev–Trinajstić information content (AvgIpc) is 2.37. The Hall–Kier alpha value is -1.56. The molecule has 0 saturated heterocycles. The zero-order chi connectivity index (χ0) is 15.3. The Morgan fingerprint density at radius 3 is 2.65 bits per heavy atom. The fraction of sp³-hybridized carbons (Fsp3) is 0.500. The molecule has 0 fully saturated rings. The largest absolute Gasteiger partial charge is 0.399 e. The van der Waals surface area contributed by atoms with Gasteiger partial charge in [-0.1, -0.05) is 6.92 Å². The number of nitrogens with one attached hydrogen (secondary N) is 1. The summed E-state index contributed by atoms with van der Waals surface area (Å²) in [5.74, 6) is -0.157. The summed E-state index contributed by atoms with van der Waals surface area (Å²) < 4.78 is 11.3. The van der Waals surface area contributed by atoms with Crippen molar-refractivity contribution >= 4 is 28.1 Å². The van der Waals surface area contributed by atoms with Gasteiger partial charge in [0.2, 0.25) is 0 Å². The van der Waals surface area contributed by atoms with Gasteiger partial charge >= 0.3 is 0 Å². The zero-order valence-electron chi connectivity index (χ0n) is 12.5. The normalized spacial score (nSPS) is 13.6. The monoisotopic (exact) mass is 297 g/mol. The molecule has 5 nitrogen and oxygen atoms in total. The summed E-state index contributed by atoms with van der Waals surface area (Å²) in [6.07, 6.45) is 2.36. The van der Waals surface area contributed by atoms with E-state index in [1.807, 2.05) is 32.0 Å². The number of carbonyl (C=O) groups excluding carboxylic acids is 1. The van der Waals surface area contributed by atoms with E-state index in [9.17, 15) is 9.00 Å². The summed E-state index contributed by atoms with van der Waals surface area (Å²) in [5.41, 5.74) is 7.68. The molecule has 0 aliphatic heterocycles. The Kier molecular flexibility index (Phi) is 6.01. The molecule has 0 heterocycles. The highest BCUT2D eigenvalue weighted by Gasteiger charge is 2.14. The molecule has 0 radical (unpaired) electrons. The Morgan fingerprint density at radius 2 is 2.10 bits per heavy atom. The van der Waals surface area contributed by atoms with Crippen LogP contribution in [-0.2, 0) is 10.8 Å². The molecule has 1 rings (SSSR count). The minimum Gasteiger partial charge on any atom is -0.399 e. The van der Waals surface area contributed by atoms with E-state index < -0.39 is 10.8 Å². The SMILES string of the molecule is CC(CCNC(=O)c1cc(N)ccc1N(C)C)S(C)=O. The van der Waals surface area contributed by atoms with Gasteiger partial charge in [0.15, 0.2) is 0 Å². The second-order valence-corrected chi connectivity index (χ2v) is 6.83. The smallest absolute Gasteiger partial charge is 0.253 e. The second-order valence-electron chi connectivity index (χ2n) is 5.02. The average molecular weight is 297 g/mol. The Labute approximate surface area is 123 Å². The molecule has 1 amide bonds. The van der Waals surface area contributed by atoms with E-state index in [1.165, 1.54) is 0 Å². The highest BCUT2D eigenvalue weighted by molar-refractivity contribution is 7.84. The van der Waals surface area contributed by atoms with Crippen molar-refractivity contribution in [2.24, 2.45) is 0 Å². The summed E-state index contributed by atoms with van der Waals surface area (Å²) in [7, 11) is 2.89.